The fourth-order valence-electron chi connectivity index (χ4n) is 3.15. The second-order valence-electron chi connectivity index (χ2n) is 6.80. The smallest absolute Gasteiger partial charge is 0.218 e. The lowest BCUT2D eigenvalue weighted by Crippen LogP contribution is -3.15. The van der Waals surface area contributed by atoms with Crippen LogP contribution in [0.25, 0.3) is 0 Å². The number of hydrogen-bond acceptors (Lipinski definition) is 3. The van der Waals surface area contributed by atoms with Gasteiger partial charge in [-0.2, -0.15) is 4.31 Å². The Hall–Kier alpha value is -1.34. The van der Waals surface area contributed by atoms with Gasteiger partial charge < -0.3 is 4.90 Å². The molecule has 0 aliphatic carbocycles. The van der Waals surface area contributed by atoms with Gasteiger partial charge in [-0.15, -0.1) is 11.8 Å². The van der Waals surface area contributed by atoms with E-state index in [-0.39, 0.29) is 5.75 Å². The second kappa shape index (κ2) is 9.04. The molecule has 0 aromatic heterocycles. The number of nitrogens with one attached hydrogen (secondary N) is 1. The number of thioether (sulfide) groups is 1. The van der Waals surface area contributed by atoms with Crippen LogP contribution in [0, 0.1) is 6.92 Å². The van der Waals surface area contributed by atoms with Crippen LogP contribution < -0.4 is 4.90 Å². The van der Waals surface area contributed by atoms with Crippen molar-refractivity contribution in [1.29, 1.82) is 0 Å². The highest BCUT2D eigenvalue weighted by atomic mass is 32.2. The number of nitrogens with zero attached hydrogens (tertiary/aromatic N) is 1. The Balaban J connectivity index is 1.43. The maximum Gasteiger partial charge on any atom is 0.218 e. The first-order valence-electron chi connectivity index (χ1n) is 9.08. The minimum atomic E-state index is -3.21. The van der Waals surface area contributed by atoms with Gasteiger partial charge in [0.2, 0.25) is 10.0 Å². The average molecular weight is 392 g/mol. The van der Waals surface area contributed by atoms with Crippen molar-refractivity contribution >= 4 is 21.8 Å². The molecule has 6 heteroatoms. The van der Waals surface area contributed by atoms with Crippen LogP contribution in [0.2, 0.25) is 0 Å². The van der Waals surface area contributed by atoms with E-state index in [0.717, 1.165) is 31.0 Å². The summed E-state index contributed by atoms with van der Waals surface area (Å²) in [4.78, 5) is 2.80. The molecule has 1 aliphatic rings. The van der Waals surface area contributed by atoms with Gasteiger partial charge in [-0.05, 0) is 24.6 Å². The first-order chi connectivity index (χ1) is 12.5. The van der Waals surface area contributed by atoms with E-state index < -0.39 is 10.0 Å². The van der Waals surface area contributed by atoms with Gasteiger partial charge in [0, 0.05) is 10.6 Å². The molecule has 2 aromatic carbocycles. The predicted octanol–water partition coefficient (Wildman–Crippen LogP) is 1.82. The Labute approximate surface area is 161 Å². The Kier molecular flexibility index (Phi) is 6.75. The predicted molar refractivity (Wildman–Crippen MR) is 108 cm³/mol. The van der Waals surface area contributed by atoms with Gasteiger partial charge in [0.25, 0.3) is 0 Å². The highest BCUT2D eigenvalue weighted by Crippen LogP contribution is 2.17. The summed E-state index contributed by atoms with van der Waals surface area (Å²) in [5, 5.41) is 0. The molecule has 1 saturated heterocycles. The van der Waals surface area contributed by atoms with Crippen molar-refractivity contribution in [3.8, 4) is 0 Å². The van der Waals surface area contributed by atoms with Crippen LogP contribution in [-0.2, 0) is 15.8 Å². The SMILES string of the molecule is Cc1ccc(SCC[NH+]2CCN(S(=O)(=O)Cc3ccccc3)CC2)cc1. The molecule has 0 amide bonds. The fraction of sp³-hybridized carbons (Fsp3) is 0.400. The third-order valence-electron chi connectivity index (χ3n) is 4.76. The Bertz CT molecular complexity index is 784. The second-order valence-corrected chi connectivity index (χ2v) is 9.94. The quantitative estimate of drug-likeness (QED) is 0.732. The third-order valence-corrected chi connectivity index (χ3v) is 7.62. The van der Waals surface area contributed by atoms with Crippen LogP contribution in [0.1, 0.15) is 11.1 Å². The molecule has 0 radical (unpaired) electrons. The Morgan fingerprint density at radius 2 is 1.65 bits per heavy atom. The molecule has 3 rings (SSSR count). The molecule has 0 atom stereocenters. The van der Waals surface area contributed by atoms with E-state index in [9.17, 15) is 8.42 Å². The van der Waals surface area contributed by atoms with Crippen molar-refractivity contribution in [3.05, 3.63) is 65.7 Å². The summed E-state index contributed by atoms with van der Waals surface area (Å²) < 4.78 is 26.9. The Morgan fingerprint density at radius 1 is 1.00 bits per heavy atom. The summed E-state index contributed by atoms with van der Waals surface area (Å²) >= 11 is 1.88. The average Bonchev–Trinajstić information content (AvgIpc) is 2.64. The summed E-state index contributed by atoms with van der Waals surface area (Å²) in [6.07, 6.45) is 0. The zero-order chi connectivity index (χ0) is 18.4. The molecule has 140 valence electrons. The van der Waals surface area contributed by atoms with Crippen molar-refractivity contribution < 1.29 is 13.3 Å². The number of benzene rings is 2. The summed E-state index contributed by atoms with van der Waals surface area (Å²) in [5.41, 5.74) is 2.14. The maximum absolute atomic E-state index is 12.6. The van der Waals surface area contributed by atoms with Crippen molar-refractivity contribution in [1.82, 2.24) is 4.31 Å². The normalized spacial score (nSPS) is 16.7. The van der Waals surface area contributed by atoms with Crippen LogP contribution in [0.15, 0.2) is 59.5 Å². The molecule has 1 aliphatic heterocycles. The number of hydrogen-bond donors (Lipinski definition) is 1. The van der Waals surface area contributed by atoms with E-state index >= 15 is 0 Å². The van der Waals surface area contributed by atoms with E-state index in [1.54, 1.807) is 4.31 Å². The molecule has 0 bridgehead atoms. The largest absolute Gasteiger partial charge is 0.332 e. The molecule has 0 saturated carbocycles. The van der Waals surface area contributed by atoms with Crippen LogP contribution in [0.5, 0.6) is 0 Å². The van der Waals surface area contributed by atoms with Gasteiger partial charge in [-0.1, -0.05) is 48.0 Å². The van der Waals surface area contributed by atoms with Gasteiger partial charge in [0.15, 0.2) is 0 Å². The van der Waals surface area contributed by atoms with Crippen LogP contribution >= 0.6 is 11.8 Å². The van der Waals surface area contributed by atoms with Crippen molar-refractivity contribution in [2.45, 2.75) is 17.6 Å². The van der Waals surface area contributed by atoms with E-state index in [4.69, 9.17) is 0 Å². The summed E-state index contributed by atoms with van der Waals surface area (Å²) in [6.45, 7) is 6.21. The van der Waals surface area contributed by atoms with Gasteiger partial charge in [-0.3, -0.25) is 0 Å². The molecule has 0 unspecified atom stereocenters. The monoisotopic (exact) mass is 391 g/mol. The number of sulfonamides is 1. The molecule has 1 heterocycles. The summed E-state index contributed by atoms with van der Waals surface area (Å²) in [6, 6.07) is 18.1. The summed E-state index contributed by atoms with van der Waals surface area (Å²) in [5.74, 6) is 1.17. The standard InChI is InChI=1S/C20H26N2O2S2/c1-18-7-9-20(10-8-18)25-16-15-21-11-13-22(14-12-21)26(23,24)17-19-5-3-2-4-6-19/h2-10H,11-17H2,1H3/p+1. The van der Waals surface area contributed by atoms with E-state index in [1.807, 2.05) is 42.1 Å². The fourth-order valence-corrected chi connectivity index (χ4v) is 5.64. The zero-order valence-electron chi connectivity index (χ0n) is 15.2. The number of aryl methyl sites for hydroxylation is 1. The number of rotatable bonds is 7. The lowest BCUT2D eigenvalue weighted by atomic mass is 10.2. The van der Waals surface area contributed by atoms with Gasteiger partial charge in [-0.25, -0.2) is 8.42 Å². The highest BCUT2D eigenvalue weighted by molar-refractivity contribution is 7.99. The maximum atomic E-state index is 12.6. The number of piperazine rings is 1. The third kappa shape index (κ3) is 5.58. The highest BCUT2D eigenvalue weighted by Gasteiger charge is 2.28. The summed E-state index contributed by atoms with van der Waals surface area (Å²) in [7, 11) is -3.21. The van der Waals surface area contributed by atoms with Crippen molar-refractivity contribution in [2.75, 3.05) is 38.5 Å². The van der Waals surface area contributed by atoms with E-state index in [1.165, 1.54) is 15.4 Å². The Morgan fingerprint density at radius 3 is 2.31 bits per heavy atom. The molecule has 0 spiro atoms. The van der Waals surface area contributed by atoms with Crippen molar-refractivity contribution in [2.24, 2.45) is 0 Å². The topological polar surface area (TPSA) is 41.8 Å². The molecule has 2 aromatic rings. The van der Waals surface area contributed by atoms with Gasteiger partial charge >= 0.3 is 0 Å². The molecule has 26 heavy (non-hydrogen) atoms. The molecular formula is C20H27N2O2S2+. The first-order valence-corrected chi connectivity index (χ1v) is 11.7. The van der Waals surface area contributed by atoms with E-state index in [2.05, 4.69) is 31.2 Å². The minimum Gasteiger partial charge on any atom is -0.332 e. The molecule has 1 N–H and O–H groups in total. The van der Waals surface area contributed by atoms with Crippen LogP contribution in [-0.4, -0.2) is 51.2 Å². The molecule has 1 fully saturated rings. The van der Waals surface area contributed by atoms with Crippen molar-refractivity contribution in [3.63, 3.8) is 0 Å². The van der Waals surface area contributed by atoms with Gasteiger partial charge in [0.05, 0.1) is 38.5 Å². The molecule has 4 nitrogen and oxygen atoms in total. The van der Waals surface area contributed by atoms with Gasteiger partial charge in [0.1, 0.15) is 0 Å². The minimum absolute atomic E-state index is 0.104. The lowest BCUT2D eigenvalue weighted by Gasteiger charge is -2.31. The molecular weight excluding hydrogens is 364 g/mol. The first kappa shape index (κ1) is 19.4. The lowest BCUT2D eigenvalue weighted by molar-refractivity contribution is -0.901. The van der Waals surface area contributed by atoms with E-state index in [0.29, 0.717) is 13.1 Å². The van der Waals surface area contributed by atoms with Crippen LogP contribution in [0.4, 0.5) is 0 Å². The zero-order valence-corrected chi connectivity index (χ0v) is 16.9. The van der Waals surface area contributed by atoms with Crippen LogP contribution in [0.3, 0.4) is 0 Å². The number of quaternary nitrogens is 1.